The summed E-state index contributed by atoms with van der Waals surface area (Å²) >= 11 is 1.52. The number of nitrogens with one attached hydrogen (secondary N) is 1. The van der Waals surface area contributed by atoms with Crippen LogP contribution in [0, 0.1) is 6.92 Å². The van der Waals surface area contributed by atoms with Gasteiger partial charge in [0.1, 0.15) is 0 Å². The number of hydrazine groups is 1. The highest BCUT2D eigenvalue weighted by Gasteiger charge is 2.10. The van der Waals surface area contributed by atoms with Crippen LogP contribution < -0.4 is 10.4 Å². The summed E-state index contributed by atoms with van der Waals surface area (Å²) < 4.78 is 0. The molecule has 1 heterocycles. The van der Waals surface area contributed by atoms with Crippen molar-refractivity contribution < 1.29 is 4.79 Å². The molecule has 1 N–H and O–H groups in total. The topological polar surface area (TPSA) is 32.3 Å². The fourth-order valence-electron chi connectivity index (χ4n) is 1.63. The number of aryl methyl sites for hydroxylation is 1. The quantitative estimate of drug-likeness (QED) is 0.856. The van der Waals surface area contributed by atoms with E-state index in [2.05, 4.69) is 5.43 Å². The minimum absolute atomic E-state index is 0.0707. The second-order valence-corrected chi connectivity index (χ2v) is 4.81. The Labute approximate surface area is 111 Å². The van der Waals surface area contributed by atoms with Crippen molar-refractivity contribution in [3.8, 4) is 0 Å². The van der Waals surface area contributed by atoms with E-state index in [1.165, 1.54) is 16.9 Å². The molecule has 0 atom stereocenters. The Kier molecular flexibility index (Phi) is 3.99. The van der Waals surface area contributed by atoms with E-state index in [0.29, 0.717) is 5.56 Å². The number of amides is 1. The van der Waals surface area contributed by atoms with Crippen LogP contribution in [0.25, 0.3) is 0 Å². The van der Waals surface area contributed by atoms with Crippen LogP contribution in [0.3, 0.4) is 0 Å². The second-order valence-electron chi connectivity index (χ2n) is 4.03. The lowest BCUT2D eigenvalue weighted by Crippen LogP contribution is -2.42. The zero-order valence-corrected chi connectivity index (χ0v) is 11.3. The third-order valence-electron chi connectivity index (χ3n) is 2.68. The number of hydrogen-bond acceptors (Lipinski definition) is 3. The van der Waals surface area contributed by atoms with Gasteiger partial charge in [0.2, 0.25) is 0 Å². The van der Waals surface area contributed by atoms with Crippen LogP contribution in [0.5, 0.6) is 0 Å². The van der Waals surface area contributed by atoms with E-state index in [9.17, 15) is 4.79 Å². The maximum atomic E-state index is 12.0. The molecule has 3 nitrogen and oxygen atoms in total. The van der Waals surface area contributed by atoms with E-state index in [1.807, 2.05) is 59.9 Å². The van der Waals surface area contributed by atoms with E-state index < -0.39 is 0 Å². The first-order valence-corrected chi connectivity index (χ1v) is 6.82. The molecule has 0 spiro atoms. The average molecular weight is 260 g/mol. The zero-order valence-electron chi connectivity index (χ0n) is 10.5. The normalized spacial score (nSPS) is 10.1. The molecule has 0 saturated heterocycles. The number of carbonyl (C=O) groups excluding carboxylic acids is 1. The van der Waals surface area contributed by atoms with Gasteiger partial charge in [-0.25, -0.2) is 0 Å². The smallest absolute Gasteiger partial charge is 0.270 e. The van der Waals surface area contributed by atoms with Crippen molar-refractivity contribution in [1.29, 1.82) is 0 Å². The maximum Gasteiger partial charge on any atom is 0.270 e. The summed E-state index contributed by atoms with van der Waals surface area (Å²) in [6.07, 6.45) is 0. The highest BCUT2D eigenvalue weighted by atomic mass is 32.1. The van der Waals surface area contributed by atoms with Gasteiger partial charge in [-0.2, -0.15) is 11.3 Å². The van der Waals surface area contributed by atoms with Crippen molar-refractivity contribution >= 4 is 22.9 Å². The van der Waals surface area contributed by atoms with E-state index in [-0.39, 0.29) is 5.91 Å². The number of carbonyl (C=O) groups is 1. The summed E-state index contributed by atoms with van der Waals surface area (Å²) in [5.41, 5.74) is 5.81. The minimum atomic E-state index is -0.0707. The van der Waals surface area contributed by atoms with Crippen molar-refractivity contribution in [3.63, 3.8) is 0 Å². The summed E-state index contributed by atoms with van der Waals surface area (Å²) in [5, 5.41) is 5.59. The van der Waals surface area contributed by atoms with Gasteiger partial charge in [0, 0.05) is 11.9 Å². The molecule has 2 aromatic rings. The van der Waals surface area contributed by atoms with Crippen molar-refractivity contribution in [2.24, 2.45) is 0 Å². The van der Waals surface area contributed by atoms with Crippen LogP contribution in [0.1, 0.15) is 22.8 Å². The lowest BCUT2D eigenvalue weighted by Gasteiger charge is -2.23. The van der Waals surface area contributed by atoms with Crippen LogP contribution in [0.2, 0.25) is 0 Å². The van der Waals surface area contributed by atoms with Crippen LogP contribution in [0.15, 0.2) is 41.1 Å². The number of thiophene rings is 1. The molecule has 0 aliphatic heterocycles. The van der Waals surface area contributed by atoms with E-state index in [1.54, 1.807) is 0 Å². The van der Waals surface area contributed by atoms with Crippen molar-refractivity contribution in [1.82, 2.24) is 5.43 Å². The van der Waals surface area contributed by atoms with Crippen molar-refractivity contribution in [2.45, 2.75) is 13.8 Å². The van der Waals surface area contributed by atoms with E-state index >= 15 is 0 Å². The standard InChI is InChI=1S/C14H16N2OS/c1-3-16(13-6-4-11(2)5-7-13)15-14(17)12-8-9-18-10-12/h4-10H,3H2,1-2H3,(H,15,17). The molecule has 2 rings (SSSR count). The van der Waals surface area contributed by atoms with Gasteiger partial charge >= 0.3 is 0 Å². The third kappa shape index (κ3) is 2.90. The molecule has 4 heteroatoms. The van der Waals surface area contributed by atoms with Gasteiger partial charge in [-0.1, -0.05) is 17.7 Å². The molecule has 1 aromatic carbocycles. The molecule has 18 heavy (non-hydrogen) atoms. The molecule has 1 amide bonds. The van der Waals surface area contributed by atoms with Crippen LogP contribution in [-0.4, -0.2) is 12.5 Å². The van der Waals surface area contributed by atoms with Crippen molar-refractivity contribution in [2.75, 3.05) is 11.6 Å². The predicted octanol–water partition coefficient (Wildman–Crippen LogP) is 3.23. The maximum absolute atomic E-state index is 12.0. The monoisotopic (exact) mass is 260 g/mol. The second kappa shape index (κ2) is 5.69. The minimum Gasteiger partial charge on any atom is -0.286 e. The zero-order chi connectivity index (χ0) is 13.0. The third-order valence-corrected chi connectivity index (χ3v) is 3.36. The molecule has 0 bridgehead atoms. The highest BCUT2D eigenvalue weighted by Crippen LogP contribution is 2.14. The first kappa shape index (κ1) is 12.6. The van der Waals surface area contributed by atoms with Gasteiger partial charge in [-0.3, -0.25) is 15.2 Å². The number of nitrogens with zero attached hydrogens (tertiary/aromatic N) is 1. The molecule has 94 valence electrons. The van der Waals surface area contributed by atoms with Gasteiger partial charge < -0.3 is 0 Å². The van der Waals surface area contributed by atoms with Gasteiger partial charge in [0.15, 0.2) is 0 Å². The van der Waals surface area contributed by atoms with Gasteiger partial charge in [-0.15, -0.1) is 0 Å². The summed E-state index contributed by atoms with van der Waals surface area (Å²) in [5.74, 6) is -0.0707. The lowest BCUT2D eigenvalue weighted by molar-refractivity contribution is 0.0950. The number of anilines is 1. The largest absolute Gasteiger partial charge is 0.286 e. The summed E-state index contributed by atoms with van der Waals surface area (Å²) in [6, 6.07) is 9.91. The van der Waals surface area contributed by atoms with Crippen LogP contribution in [-0.2, 0) is 0 Å². The Bertz CT molecular complexity index is 505. The predicted molar refractivity (Wildman–Crippen MR) is 76.0 cm³/mol. The van der Waals surface area contributed by atoms with Gasteiger partial charge in [0.25, 0.3) is 5.91 Å². The fraction of sp³-hybridized carbons (Fsp3) is 0.214. The van der Waals surface area contributed by atoms with Gasteiger partial charge in [0.05, 0.1) is 11.3 Å². The highest BCUT2D eigenvalue weighted by molar-refractivity contribution is 7.08. The SMILES string of the molecule is CCN(NC(=O)c1ccsc1)c1ccc(C)cc1. The average Bonchev–Trinajstić information content (AvgIpc) is 2.91. The lowest BCUT2D eigenvalue weighted by atomic mass is 10.2. The molecule has 0 fully saturated rings. The van der Waals surface area contributed by atoms with E-state index in [0.717, 1.165) is 12.2 Å². The van der Waals surface area contributed by atoms with Gasteiger partial charge in [-0.05, 0) is 37.4 Å². The molecule has 1 aromatic heterocycles. The molecular formula is C14H16N2OS. The Morgan fingerprint density at radius 3 is 2.56 bits per heavy atom. The van der Waals surface area contributed by atoms with E-state index in [4.69, 9.17) is 0 Å². The number of rotatable bonds is 4. The molecule has 0 aliphatic carbocycles. The fourth-order valence-corrected chi connectivity index (χ4v) is 2.27. The van der Waals surface area contributed by atoms with Crippen LogP contribution >= 0.6 is 11.3 Å². The number of hydrogen-bond donors (Lipinski definition) is 1. The Morgan fingerprint density at radius 2 is 2.00 bits per heavy atom. The molecular weight excluding hydrogens is 244 g/mol. The Balaban J connectivity index is 2.10. The van der Waals surface area contributed by atoms with Crippen LogP contribution in [0.4, 0.5) is 5.69 Å². The Morgan fingerprint density at radius 1 is 1.28 bits per heavy atom. The first-order valence-electron chi connectivity index (χ1n) is 5.88. The molecule has 0 aliphatic rings. The number of benzene rings is 1. The Hall–Kier alpha value is -1.81. The first-order chi connectivity index (χ1) is 8.70. The summed E-state index contributed by atoms with van der Waals surface area (Å²) in [4.78, 5) is 12.0. The molecule has 0 saturated carbocycles. The summed E-state index contributed by atoms with van der Waals surface area (Å²) in [7, 11) is 0. The molecule has 0 radical (unpaired) electrons. The van der Waals surface area contributed by atoms with Crippen molar-refractivity contribution in [3.05, 3.63) is 52.2 Å². The molecule has 0 unspecified atom stereocenters. The summed E-state index contributed by atoms with van der Waals surface area (Å²) in [6.45, 7) is 4.77.